The van der Waals surface area contributed by atoms with Gasteiger partial charge in [0.25, 0.3) is 0 Å². The lowest BCUT2D eigenvalue weighted by Gasteiger charge is -2.42. The van der Waals surface area contributed by atoms with Gasteiger partial charge in [0.1, 0.15) is 5.75 Å². The highest BCUT2D eigenvalue weighted by atomic mass is 32.2. The number of hydrogen-bond donors (Lipinski definition) is 0. The maximum atomic E-state index is 12.6. The minimum Gasteiger partial charge on any atom is -0.496 e. The number of carbonyl (C=O) groups is 1. The summed E-state index contributed by atoms with van der Waals surface area (Å²) in [6, 6.07) is 1.87. The Morgan fingerprint density at radius 3 is 2.95 bits per heavy atom. The van der Waals surface area contributed by atoms with Gasteiger partial charge in [-0.3, -0.25) is 4.79 Å². The fraction of sp³-hybridized carbons (Fsp3) is 0.667. The zero-order valence-corrected chi connectivity index (χ0v) is 13.4. The van der Waals surface area contributed by atoms with Crippen LogP contribution in [0.4, 0.5) is 0 Å². The monoisotopic (exact) mass is 312 g/mol. The van der Waals surface area contributed by atoms with Gasteiger partial charge in [-0.1, -0.05) is 0 Å². The summed E-state index contributed by atoms with van der Waals surface area (Å²) in [5.41, 5.74) is -0.0226. The van der Waals surface area contributed by atoms with Gasteiger partial charge >= 0.3 is 0 Å². The Balaban J connectivity index is 1.71. The van der Waals surface area contributed by atoms with Crippen LogP contribution in [0.3, 0.4) is 0 Å². The number of methoxy groups -OCH3 is 1. The van der Waals surface area contributed by atoms with Crippen molar-refractivity contribution in [3.8, 4) is 5.75 Å². The molecule has 2 fully saturated rings. The first-order chi connectivity index (χ1) is 9.72. The first kappa shape index (κ1) is 14.4. The Hall–Kier alpha value is -0.520. The molecule has 1 unspecified atom stereocenters. The molecule has 1 spiro atoms. The third kappa shape index (κ3) is 2.90. The third-order valence-electron chi connectivity index (χ3n) is 4.32. The molecule has 0 saturated carbocycles. The number of carbonyl (C=O) groups excluding carboxylic acids is 1. The molecular weight excluding hydrogens is 292 g/mol. The second-order valence-corrected chi connectivity index (χ2v) is 7.68. The van der Waals surface area contributed by atoms with E-state index < -0.39 is 0 Å². The summed E-state index contributed by atoms with van der Waals surface area (Å²) in [6.45, 7) is 0.726. The van der Waals surface area contributed by atoms with Gasteiger partial charge in [-0.15, -0.1) is 11.3 Å². The van der Waals surface area contributed by atoms with Gasteiger partial charge in [0.15, 0.2) is 5.78 Å². The van der Waals surface area contributed by atoms with Gasteiger partial charge in [-0.2, -0.15) is 11.8 Å². The van der Waals surface area contributed by atoms with E-state index in [1.165, 1.54) is 11.3 Å². The summed E-state index contributed by atoms with van der Waals surface area (Å²) in [5.74, 6) is 3.50. The van der Waals surface area contributed by atoms with Gasteiger partial charge < -0.3 is 9.47 Å². The van der Waals surface area contributed by atoms with Crippen molar-refractivity contribution in [2.24, 2.45) is 5.92 Å². The molecule has 3 heterocycles. The van der Waals surface area contributed by atoms with Gasteiger partial charge in [-0.25, -0.2) is 0 Å². The van der Waals surface area contributed by atoms with E-state index in [4.69, 9.17) is 9.47 Å². The van der Waals surface area contributed by atoms with Crippen molar-refractivity contribution in [3.63, 3.8) is 0 Å². The zero-order valence-electron chi connectivity index (χ0n) is 11.7. The van der Waals surface area contributed by atoms with Crippen LogP contribution in [-0.4, -0.2) is 36.6 Å². The van der Waals surface area contributed by atoms with Crippen molar-refractivity contribution in [1.29, 1.82) is 0 Å². The zero-order chi connectivity index (χ0) is 14.0. The summed E-state index contributed by atoms with van der Waals surface area (Å²) < 4.78 is 11.2. The molecule has 0 amide bonds. The number of hydrogen-bond acceptors (Lipinski definition) is 5. The number of thioether (sulfide) groups is 1. The van der Waals surface area contributed by atoms with Crippen LogP contribution in [-0.2, 0) is 4.74 Å². The normalized spacial score (nSPS) is 25.6. The van der Waals surface area contributed by atoms with Crippen LogP contribution in [0.1, 0.15) is 35.4 Å². The van der Waals surface area contributed by atoms with E-state index >= 15 is 0 Å². The van der Waals surface area contributed by atoms with E-state index in [9.17, 15) is 4.79 Å². The Kier molecular flexibility index (Phi) is 4.38. The maximum absolute atomic E-state index is 12.6. The van der Waals surface area contributed by atoms with Crippen LogP contribution >= 0.6 is 23.1 Å². The molecule has 2 aliphatic rings. The number of rotatable bonds is 3. The van der Waals surface area contributed by atoms with Crippen LogP contribution < -0.4 is 4.74 Å². The van der Waals surface area contributed by atoms with Gasteiger partial charge in [-0.05, 0) is 37.2 Å². The van der Waals surface area contributed by atoms with Gasteiger partial charge in [0.2, 0.25) is 0 Å². The number of ketones is 1. The lowest BCUT2D eigenvalue weighted by molar-refractivity contribution is -0.0959. The minimum atomic E-state index is -0.0226. The lowest BCUT2D eigenvalue weighted by Crippen LogP contribution is -2.44. The maximum Gasteiger partial charge on any atom is 0.176 e. The highest BCUT2D eigenvalue weighted by Gasteiger charge is 2.41. The van der Waals surface area contributed by atoms with Gasteiger partial charge in [0, 0.05) is 24.0 Å². The molecule has 3 nitrogen and oxygen atoms in total. The molecule has 5 heteroatoms. The van der Waals surface area contributed by atoms with Gasteiger partial charge in [0.05, 0.1) is 17.6 Å². The minimum absolute atomic E-state index is 0.0226. The average Bonchev–Trinajstić information content (AvgIpc) is 2.96. The van der Waals surface area contributed by atoms with Crippen LogP contribution in [0.15, 0.2) is 11.4 Å². The fourth-order valence-electron chi connectivity index (χ4n) is 3.10. The van der Waals surface area contributed by atoms with Crippen LogP contribution in [0, 0.1) is 5.92 Å². The number of ether oxygens (including phenoxy) is 2. The van der Waals surface area contributed by atoms with E-state index in [-0.39, 0.29) is 17.3 Å². The van der Waals surface area contributed by atoms with Crippen molar-refractivity contribution in [2.75, 3.05) is 25.2 Å². The fourth-order valence-corrected chi connectivity index (χ4v) is 5.21. The van der Waals surface area contributed by atoms with E-state index in [1.54, 1.807) is 7.11 Å². The van der Waals surface area contributed by atoms with Crippen LogP contribution in [0.5, 0.6) is 5.75 Å². The van der Waals surface area contributed by atoms with E-state index in [0.717, 1.165) is 54.4 Å². The first-order valence-corrected chi connectivity index (χ1v) is 9.14. The van der Waals surface area contributed by atoms with Crippen molar-refractivity contribution in [1.82, 2.24) is 0 Å². The lowest BCUT2D eigenvalue weighted by atomic mass is 9.80. The first-order valence-electron chi connectivity index (χ1n) is 7.11. The summed E-state index contributed by atoms with van der Waals surface area (Å²) >= 11 is 3.49. The topological polar surface area (TPSA) is 35.5 Å². The Labute approximate surface area is 128 Å². The quantitative estimate of drug-likeness (QED) is 0.798. The predicted octanol–water partition coefficient (Wildman–Crippen LogP) is 3.63. The predicted molar refractivity (Wildman–Crippen MR) is 83.2 cm³/mol. The van der Waals surface area contributed by atoms with E-state index in [1.807, 2.05) is 23.2 Å². The second kappa shape index (κ2) is 6.08. The second-order valence-electron chi connectivity index (χ2n) is 5.55. The molecular formula is C15H20O3S2. The largest absolute Gasteiger partial charge is 0.496 e. The van der Waals surface area contributed by atoms with Crippen molar-refractivity contribution in [2.45, 2.75) is 31.3 Å². The molecule has 2 aliphatic heterocycles. The molecule has 0 radical (unpaired) electrons. The number of thiophene rings is 1. The molecule has 1 atom stereocenters. The highest BCUT2D eigenvalue weighted by molar-refractivity contribution is 7.99. The standard InChI is InChI=1S/C15H20O3S2/c1-17-12-8-13(20-10-12)14(16)11-2-5-18-15(9-11)3-6-19-7-4-15/h8,10-11H,2-7,9H2,1H3. The molecule has 20 heavy (non-hydrogen) atoms. The summed E-state index contributed by atoms with van der Waals surface area (Å²) in [6.07, 6.45) is 3.94. The molecule has 3 rings (SSSR count). The summed E-state index contributed by atoms with van der Waals surface area (Å²) in [7, 11) is 1.64. The highest BCUT2D eigenvalue weighted by Crippen LogP contribution is 2.41. The molecule has 0 bridgehead atoms. The summed E-state index contributed by atoms with van der Waals surface area (Å²) in [4.78, 5) is 13.5. The Bertz CT molecular complexity index is 472. The molecule has 1 aromatic rings. The van der Waals surface area contributed by atoms with Crippen molar-refractivity contribution < 1.29 is 14.3 Å². The van der Waals surface area contributed by atoms with E-state index in [2.05, 4.69) is 0 Å². The molecule has 0 aromatic carbocycles. The SMILES string of the molecule is COc1csc(C(=O)C2CCOC3(CCSCC3)C2)c1. The Morgan fingerprint density at radius 2 is 2.25 bits per heavy atom. The van der Waals surface area contributed by atoms with Crippen LogP contribution in [0.2, 0.25) is 0 Å². The van der Waals surface area contributed by atoms with Crippen LogP contribution in [0.25, 0.3) is 0 Å². The smallest absolute Gasteiger partial charge is 0.176 e. The molecule has 110 valence electrons. The molecule has 1 aromatic heterocycles. The van der Waals surface area contributed by atoms with Crippen molar-refractivity contribution >= 4 is 28.9 Å². The molecule has 0 N–H and O–H groups in total. The molecule has 0 aliphatic carbocycles. The average molecular weight is 312 g/mol. The van der Waals surface area contributed by atoms with E-state index in [0.29, 0.717) is 0 Å². The van der Waals surface area contributed by atoms with Crippen molar-refractivity contribution in [3.05, 3.63) is 16.3 Å². The molecule has 2 saturated heterocycles. The Morgan fingerprint density at radius 1 is 1.45 bits per heavy atom. The number of Topliss-reactive ketones (excluding diaryl/α,β-unsaturated/α-hetero) is 1. The summed E-state index contributed by atoms with van der Waals surface area (Å²) in [5, 5.41) is 1.90. The third-order valence-corrected chi connectivity index (χ3v) is 6.23.